The molecule has 3 N–H and O–H groups in total. The molecule has 0 spiro atoms. The van der Waals surface area contributed by atoms with Gasteiger partial charge in [-0.1, -0.05) is 0 Å². The van der Waals surface area contributed by atoms with Gasteiger partial charge >= 0.3 is 0 Å². The van der Waals surface area contributed by atoms with Crippen LogP contribution in [-0.4, -0.2) is 16.5 Å². The largest absolute Gasteiger partial charge is 0.507 e. The van der Waals surface area contributed by atoms with E-state index in [9.17, 15) is 9.90 Å². The van der Waals surface area contributed by atoms with Gasteiger partial charge in [-0.25, -0.2) is 0 Å². The maximum absolute atomic E-state index is 10.0. The Bertz CT molecular complexity index is 514. The number of phenols is 1. The molecular weight excluding hydrogens is 192 g/mol. The zero-order valence-electron chi connectivity index (χ0n) is 7.90. The van der Waals surface area contributed by atoms with Gasteiger partial charge in [0.25, 0.3) is 0 Å². The Morgan fingerprint density at radius 2 is 2.27 bits per heavy atom. The first-order valence-electron chi connectivity index (χ1n) is 4.47. The Hall–Kier alpha value is -2.23. The standard InChI is InChI=1S/C11H10N2O2/c14-7-12-3-1-8-5-10-9(2-4-13-10)11(15)6-8/h1-7,13,15H,(H,12,14). The van der Waals surface area contributed by atoms with Crippen LogP contribution < -0.4 is 5.32 Å². The van der Waals surface area contributed by atoms with Crippen molar-refractivity contribution in [3.8, 4) is 5.75 Å². The number of phenolic OH excluding ortho intramolecular Hbond substituents is 1. The zero-order valence-corrected chi connectivity index (χ0v) is 7.90. The van der Waals surface area contributed by atoms with Crippen LogP contribution in [0.2, 0.25) is 0 Å². The molecule has 1 amide bonds. The van der Waals surface area contributed by atoms with Crippen molar-refractivity contribution in [2.24, 2.45) is 0 Å². The van der Waals surface area contributed by atoms with E-state index < -0.39 is 0 Å². The molecule has 15 heavy (non-hydrogen) atoms. The zero-order chi connectivity index (χ0) is 10.7. The number of carbonyl (C=O) groups excluding carboxylic acids is 1. The van der Waals surface area contributed by atoms with E-state index in [1.807, 2.05) is 12.1 Å². The molecule has 76 valence electrons. The van der Waals surface area contributed by atoms with Crippen molar-refractivity contribution in [3.05, 3.63) is 36.2 Å². The minimum atomic E-state index is 0.222. The quantitative estimate of drug-likeness (QED) is 0.662. The molecule has 1 aromatic heterocycles. The summed E-state index contributed by atoms with van der Waals surface area (Å²) in [5.41, 5.74) is 1.68. The third-order valence-corrected chi connectivity index (χ3v) is 2.11. The van der Waals surface area contributed by atoms with Gasteiger partial charge in [0.2, 0.25) is 6.41 Å². The molecule has 2 aromatic rings. The number of aromatic nitrogens is 1. The molecule has 4 heteroatoms. The van der Waals surface area contributed by atoms with Gasteiger partial charge in [-0.15, -0.1) is 0 Å². The number of aromatic hydroxyl groups is 1. The third kappa shape index (κ3) is 1.83. The van der Waals surface area contributed by atoms with E-state index in [0.717, 1.165) is 16.5 Å². The summed E-state index contributed by atoms with van der Waals surface area (Å²) in [5, 5.41) is 12.8. The predicted octanol–water partition coefficient (Wildman–Crippen LogP) is 1.59. The summed E-state index contributed by atoms with van der Waals surface area (Å²) in [5.74, 6) is 0.222. The second-order valence-electron chi connectivity index (χ2n) is 3.10. The summed E-state index contributed by atoms with van der Waals surface area (Å²) in [6, 6.07) is 5.33. The van der Waals surface area contributed by atoms with Gasteiger partial charge in [-0.3, -0.25) is 4.79 Å². The SMILES string of the molecule is O=CNC=Cc1cc(O)c2cc[nH]c2c1. The number of fused-ring (bicyclic) bond motifs is 1. The van der Waals surface area contributed by atoms with Gasteiger partial charge in [0, 0.05) is 23.3 Å². The molecule has 0 saturated heterocycles. The number of hydrogen-bond acceptors (Lipinski definition) is 2. The van der Waals surface area contributed by atoms with Gasteiger partial charge < -0.3 is 15.4 Å². The van der Waals surface area contributed by atoms with Crippen molar-refractivity contribution in [3.63, 3.8) is 0 Å². The maximum atomic E-state index is 10.0. The minimum Gasteiger partial charge on any atom is -0.507 e. The molecule has 2 rings (SSSR count). The van der Waals surface area contributed by atoms with Gasteiger partial charge in [-0.05, 0) is 29.8 Å². The molecule has 0 aliphatic heterocycles. The number of carbonyl (C=O) groups is 1. The Morgan fingerprint density at radius 1 is 1.40 bits per heavy atom. The normalized spacial score (nSPS) is 10.9. The Balaban J connectivity index is 2.40. The fourth-order valence-corrected chi connectivity index (χ4v) is 1.45. The number of hydrogen-bond donors (Lipinski definition) is 3. The molecule has 0 atom stereocenters. The summed E-state index contributed by atoms with van der Waals surface area (Å²) in [7, 11) is 0. The van der Waals surface area contributed by atoms with E-state index in [-0.39, 0.29) is 5.75 Å². The fraction of sp³-hybridized carbons (Fsp3) is 0. The lowest BCUT2D eigenvalue weighted by Crippen LogP contribution is -1.97. The lowest BCUT2D eigenvalue weighted by Gasteiger charge is -1.98. The van der Waals surface area contributed by atoms with E-state index in [1.165, 1.54) is 6.20 Å². The summed E-state index contributed by atoms with van der Waals surface area (Å²) in [4.78, 5) is 13.0. The van der Waals surface area contributed by atoms with Crippen LogP contribution in [0.3, 0.4) is 0 Å². The molecule has 0 aliphatic carbocycles. The highest BCUT2D eigenvalue weighted by molar-refractivity contribution is 5.87. The average molecular weight is 202 g/mol. The van der Waals surface area contributed by atoms with Crippen molar-refractivity contribution in [1.29, 1.82) is 0 Å². The fourth-order valence-electron chi connectivity index (χ4n) is 1.45. The summed E-state index contributed by atoms with van der Waals surface area (Å²) in [6.45, 7) is 0. The van der Waals surface area contributed by atoms with Crippen LogP contribution in [0, 0.1) is 0 Å². The molecule has 4 nitrogen and oxygen atoms in total. The van der Waals surface area contributed by atoms with Gasteiger partial charge in [0.05, 0.1) is 0 Å². The Kier molecular flexibility index (Phi) is 2.41. The van der Waals surface area contributed by atoms with Crippen molar-refractivity contribution >= 4 is 23.4 Å². The molecule has 1 heterocycles. The van der Waals surface area contributed by atoms with E-state index >= 15 is 0 Å². The Labute approximate surface area is 86.2 Å². The summed E-state index contributed by atoms with van der Waals surface area (Å²) in [6.07, 6.45) is 5.57. The molecule has 0 fully saturated rings. The predicted molar refractivity (Wildman–Crippen MR) is 58.2 cm³/mol. The van der Waals surface area contributed by atoms with Crippen molar-refractivity contribution < 1.29 is 9.90 Å². The highest BCUT2D eigenvalue weighted by atomic mass is 16.3. The van der Waals surface area contributed by atoms with Crippen LogP contribution >= 0.6 is 0 Å². The van der Waals surface area contributed by atoms with Crippen LogP contribution in [0.1, 0.15) is 5.56 Å². The number of rotatable bonds is 3. The number of aromatic amines is 1. The minimum absolute atomic E-state index is 0.222. The summed E-state index contributed by atoms with van der Waals surface area (Å²) < 4.78 is 0. The molecule has 0 saturated carbocycles. The van der Waals surface area contributed by atoms with Crippen LogP contribution in [0.25, 0.3) is 17.0 Å². The van der Waals surface area contributed by atoms with Crippen LogP contribution in [-0.2, 0) is 4.79 Å². The lowest BCUT2D eigenvalue weighted by atomic mass is 10.1. The van der Waals surface area contributed by atoms with E-state index in [4.69, 9.17) is 0 Å². The summed E-state index contributed by atoms with van der Waals surface area (Å²) >= 11 is 0. The maximum Gasteiger partial charge on any atom is 0.211 e. The highest BCUT2D eigenvalue weighted by Crippen LogP contribution is 2.25. The Morgan fingerprint density at radius 3 is 3.07 bits per heavy atom. The van der Waals surface area contributed by atoms with Crippen LogP contribution in [0.5, 0.6) is 5.75 Å². The molecular formula is C11H10N2O2. The third-order valence-electron chi connectivity index (χ3n) is 2.11. The average Bonchev–Trinajstić information content (AvgIpc) is 2.66. The lowest BCUT2D eigenvalue weighted by molar-refractivity contribution is -0.108. The van der Waals surface area contributed by atoms with Gasteiger partial charge in [-0.2, -0.15) is 0 Å². The number of nitrogens with one attached hydrogen (secondary N) is 2. The number of amides is 1. The molecule has 1 aromatic carbocycles. The first-order valence-corrected chi connectivity index (χ1v) is 4.47. The van der Waals surface area contributed by atoms with Crippen molar-refractivity contribution in [2.45, 2.75) is 0 Å². The van der Waals surface area contributed by atoms with Crippen LogP contribution in [0.15, 0.2) is 30.6 Å². The van der Waals surface area contributed by atoms with E-state index in [0.29, 0.717) is 6.41 Å². The molecule has 0 unspecified atom stereocenters. The molecule has 0 bridgehead atoms. The molecule has 0 aliphatic rings. The van der Waals surface area contributed by atoms with E-state index in [2.05, 4.69) is 10.3 Å². The number of H-pyrrole nitrogens is 1. The first-order chi connectivity index (χ1) is 7.31. The highest BCUT2D eigenvalue weighted by Gasteiger charge is 2.01. The smallest absolute Gasteiger partial charge is 0.211 e. The van der Waals surface area contributed by atoms with E-state index in [1.54, 1.807) is 18.3 Å². The second-order valence-corrected chi connectivity index (χ2v) is 3.10. The van der Waals surface area contributed by atoms with Crippen molar-refractivity contribution in [1.82, 2.24) is 10.3 Å². The van der Waals surface area contributed by atoms with Crippen molar-refractivity contribution in [2.75, 3.05) is 0 Å². The molecule has 0 radical (unpaired) electrons. The van der Waals surface area contributed by atoms with Gasteiger partial charge in [0.15, 0.2) is 0 Å². The van der Waals surface area contributed by atoms with Gasteiger partial charge in [0.1, 0.15) is 5.75 Å². The number of benzene rings is 1. The van der Waals surface area contributed by atoms with Crippen LogP contribution in [0.4, 0.5) is 0 Å². The second kappa shape index (κ2) is 3.88. The monoisotopic (exact) mass is 202 g/mol. The topological polar surface area (TPSA) is 65.1 Å². The first kappa shape index (κ1) is 9.33.